The van der Waals surface area contributed by atoms with Crippen molar-refractivity contribution in [1.82, 2.24) is 10.2 Å². The third-order valence-electron chi connectivity index (χ3n) is 7.62. The van der Waals surface area contributed by atoms with Crippen LogP contribution >= 0.6 is 0 Å². The van der Waals surface area contributed by atoms with Gasteiger partial charge in [0, 0.05) is 19.0 Å². The van der Waals surface area contributed by atoms with Gasteiger partial charge in [0.05, 0.1) is 5.41 Å². The van der Waals surface area contributed by atoms with Gasteiger partial charge in [0.15, 0.2) is 0 Å². The number of carbonyl (C=O) groups is 3. The number of ether oxygens (including phenoxy) is 1. The van der Waals surface area contributed by atoms with E-state index in [0.717, 1.165) is 22.3 Å². The van der Waals surface area contributed by atoms with Gasteiger partial charge in [-0.3, -0.25) is 9.59 Å². The van der Waals surface area contributed by atoms with Crippen molar-refractivity contribution in [3.63, 3.8) is 0 Å². The summed E-state index contributed by atoms with van der Waals surface area (Å²) in [5, 5.41) is 12.4. The summed E-state index contributed by atoms with van der Waals surface area (Å²) in [5.74, 6) is -1.48. The maximum atomic E-state index is 13.4. The lowest BCUT2D eigenvalue weighted by Gasteiger charge is -2.33. The minimum absolute atomic E-state index is 0.0763. The SMILES string of the molecule is C[C@H]1CN(C(=O)[C@H](NC(=O)OCC2c3ccccc3-c3ccccc32)C(C)(C)C)C[C@]1(C)C(=O)O. The number of hydrogen-bond acceptors (Lipinski definition) is 4. The Morgan fingerprint density at radius 3 is 2.11 bits per heavy atom. The van der Waals surface area contributed by atoms with Gasteiger partial charge in [-0.25, -0.2) is 4.79 Å². The predicted octanol–water partition coefficient (Wildman–Crippen LogP) is 4.51. The summed E-state index contributed by atoms with van der Waals surface area (Å²) in [6.45, 7) is 9.72. The molecule has 1 aliphatic carbocycles. The van der Waals surface area contributed by atoms with Crippen LogP contribution in [-0.2, 0) is 14.3 Å². The van der Waals surface area contributed by atoms with Gasteiger partial charge in [0.1, 0.15) is 12.6 Å². The summed E-state index contributed by atoms with van der Waals surface area (Å²) in [7, 11) is 0. The van der Waals surface area contributed by atoms with E-state index in [1.54, 1.807) is 11.8 Å². The third-order valence-corrected chi connectivity index (χ3v) is 7.62. The van der Waals surface area contributed by atoms with E-state index < -0.39 is 28.9 Å². The second-order valence-corrected chi connectivity index (χ2v) is 11.1. The molecule has 3 atom stereocenters. The molecule has 4 rings (SSSR count). The van der Waals surface area contributed by atoms with Gasteiger partial charge < -0.3 is 20.1 Å². The second kappa shape index (κ2) is 9.02. The van der Waals surface area contributed by atoms with Crippen LogP contribution in [0.2, 0.25) is 0 Å². The highest BCUT2D eigenvalue weighted by Crippen LogP contribution is 2.44. The van der Waals surface area contributed by atoms with Gasteiger partial charge in [-0.05, 0) is 40.5 Å². The standard InChI is InChI=1S/C28H34N2O5/c1-17-14-30(16-28(17,5)25(32)33)24(31)23(27(2,3)4)29-26(34)35-15-22-20-12-8-6-10-18(20)19-11-7-9-13-21(19)22/h6-13,17,22-23H,14-16H2,1-5H3,(H,29,34)(H,32,33)/t17-,23-,28-/m0/s1. The lowest BCUT2D eigenvalue weighted by Crippen LogP contribution is -2.54. The number of likely N-dealkylation sites (tertiary alicyclic amines) is 1. The first-order valence-corrected chi connectivity index (χ1v) is 12.1. The van der Waals surface area contributed by atoms with Crippen LogP contribution in [0.15, 0.2) is 48.5 Å². The van der Waals surface area contributed by atoms with Crippen molar-refractivity contribution >= 4 is 18.0 Å². The van der Waals surface area contributed by atoms with Crippen LogP contribution < -0.4 is 5.32 Å². The van der Waals surface area contributed by atoms with E-state index in [-0.39, 0.29) is 30.9 Å². The average Bonchev–Trinajstić information content (AvgIpc) is 3.30. The number of nitrogens with zero attached hydrogens (tertiary/aromatic N) is 1. The van der Waals surface area contributed by atoms with Crippen LogP contribution in [0.1, 0.15) is 51.7 Å². The molecule has 1 aliphatic heterocycles. The maximum absolute atomic E-state index is 13.4. The van der Waals surface area contributed by atoms with E-state index in [4.69, 9.17) is 4.74 Å². The molecule has 0 unspecified atom stereocenters. The van der Waals surface area contributed by atoms with Gasteiger partial charge in [-0.1, -0.05) is 76.2 Å². The second-order valence-electron chi connectivity index (χ2n) is 11.1. The van der Waals surface area contributed by atoms with Crippen LogP contribution in [0.5, 0.6) is 0 Å². The summed E-state index contributed by atoms with van der Waals surface area (Å²) in [5.41, 5.74) is 2.91. The molecule has 2 N–H and O–H groups in total. The number of nitrogens with one attached hydrogen (secondary N) is 1. The van der Waals surface area contributed by atoms with E-state index >= 15 is 0 Å². The zero-order valence-electron chi connectivity index (χ0n) is 21.0. The molecule has 2 aromatic carbocycles. The lowest BCUT2D eigenvalue weighted by atomic mass is 9.81. The Morgan fingerprint density at radius 1 is 1.09 bits per heavy atom. The van der Waals surface area contributed by atoms with E-state index in [1.807, 2.05) is 52.0 Å². The zero-order chi connectivity index (χ0) is 25.5. The predicted molar refractivity (Wildman–Crippen MR) is 133 cm³/mol. The molecule has 1 saturated heterocycles. The average molecular weight is 479 g/mol. The summed E-state index contributed by atoms with van der Waals surface area (Å²) >= 11 is 0. The normalized spacial score (nSPS) is 22.3. The fourth-order valence-electron chi connectivity index (χ4n) is 5.18. The Labute approximate surface area is 206 Å². The maximum Gasteiger partial charge on any atom is 0.407 e. The van der Waals surface area contributed by atoms with Crippen molar-refractivity contribution in [2.24, 2.45) is 16.7 Å². The Balaban J connectivity index is 1.46. The fraction of sp³-hybridized carbons (Fsp3) is 0.464. The molecule has 0 aromatic heterocycles. The summed E-state index contributed by atoms with van der Waals surface area (Å²) in [4.78, 5) is 39.7. The van der Waals surface area contributed by atoms with Crippen LogP contribution in [0, 0.1) is 16.7 Å². The van der Waals surface area contributed by atoms with Gasteiger partial charge in [-0.15, -0.1) is 0 Å². The zero-order valence-corrected chi connectivity index (χ0v) is 21.0. The van der Waals surface area contributed by atoms with Gasteiger partial charge in [-0.2, -0.15) is 0 Å². The molecule has 7 heteroatoms. The first kappa shape index (κ1) is 24.8. The van der Waals surface area contributed by atoms with E-state index in [9.17, 15) is 19.5 Å². The number of carbonyl (C=O) groups excluding carboxylic acids is 2. The highest BCUT2D eigenvalue weighted by Gasteiger charge is 2.50. The van der Waals surface area contributed by atoms with Crippen molar-refractivity contribution in [2.45, 2.75) is 46.6 Å². The molecule has 7 nitrogen and oxygen atoms in total. The van der Waals surface area contributed by atoms with Crippen LogP contribution in [-0.4, -0.2) is 53.7 Å². The van der Waals surface area contributed by atoms with Crippen molar-refractivity contribution in [2.75, 3.05) is 19.7 Å². The lowest BCUT2D eigenvalue weighted by molar-refractivity contribution is -0.149. The summed E-state index contributed by atoms with van der Waals surface area (Å²) in [6.07, 6.45) is -0.659. The van der Waals surface area contributed by atoms with Crippen molar-refractivity contribution in [3.05, 3.63) is 59.7 Å². The van der Waals surface area contributed by atoms with Crippen LogP contribution in [0.25, 0.3) is 11.1 Å². The first-order valence-electron chi connectivity index (χ1n) is 12.1. The van der Waals surface area contributed by atoms with Crippen LogP contribution in [0.3, 0.4) is 0 Å². The molecule has 186 valence electrons. The molecule has 0 saturated carbocycles. The number of benzene rings is 2. The van der Waals surface area contributed by atoms with Crippen molar-refractivity contribution in [3.8, 4) is 11.1 Å². The van der Waals surface area contributed by atoms with Crippen molar-refractivity contribution < 1.29 is 24.2 Å². The number of rotatable bonds is 5. The van der Waals surface area contributed by atoms with E-state index in [2.05, 4.69) is 29.6 Å². The molecule has 1 fully saturated rings. The molecule has 35 heavy (non-hydrogen) atoms. The molecular formula is C28H34N2O5. The van der Waals surface area contributed by atoms with Gasteiger partial charge in [0.2, 0.25) is 5.91 Å². The largest absolute Gasteiger partial charge is 0.481 e. The molecule has 0 radical (unpaired) electrons. The quantitative estimate of drug-likeness (QED) is 0.659. The number of aliphatic carboxylic acids is 1. The molecule has 1 heterocycles. The smallest absolute Gasteiger partial charge is 0.407 e. The molecule has 0 spiro atoms. The molecule has 2 aliphatic rings. The monoisotopic (exact) mass is 478 g/mol. The minimum atomic E-state index is -1.01. The number of alkyl carbamates (subject to hydrolysis) is 1. The highest BCUT2D eigenvalue weighted by atomic mass is 16.5. The fourth-order valence-corrected chi connectivity index (χ4v) is 5.18. The molecule has 0 bridgehead atoms. The first-order chi connectivity index (χ1) is 16.4. The number of carboxylic acids is 1. The van der Waals surface area contributed by atoms with Crippen LogP contribution in [0.4, 0.5) is 4.79 Å². The van der Waals surface area contributed by atoms with Crippen molar-refractivity contribution in [1.29, 1.82) is 0 Å². The van der Waals surface area contributed by atoms with Gasteiger partial charge in [0.25, 0.3) is 0 Å². The molecule has 2 amide bonds. The third kappa shape index (κ3) is 4.51. The number of carboxylic acid groups (broad SMARTS) is 1. The number of fused-ring (bicyclic) bond motifs is 3. The molecule has 2 aromatic rings. The topological polar surface area (TPSA) is 95.9 Å². The van der Waals surface area contributed by atoms with E-state index in [1.165, 1.54) is 0 Å². The Kier molecular flexibility index (Phi) is 6.38. The minimum Gasteiger partial charge on any atom is -0.481 e. The number of amides is 2. The van der Waals surface area contributed by atoms with E-state index in [0.29, 0.717) is 6.54 Å². The molecular weight excluding hydrogens is 444 g/mol. The van der Waals surface area contributed by atoms with Gasteiger partial charge >= 0.3 is 12.1 Å². The summed E-state index contributed by atoms with van der Waals surface area (Å²) < 4.78 is 5.66. The highest BCUT2D eigenvalue weighted by molar-refractivity contribution is 5.88. The number of hydrogen-bond donors (Lipinski definition) is 2. The summed E-state index contributed by atoms with van der Waals surface area (Å²) in [6, 6.07) is 15.4. The Hall–Kier alpha value is -3.35. The Morgan fingerprint density at radius 2 is 1.63 bits per heavy atom. The Bertz CT molecular complexity index is 1110.